The predicted octanol–water partition coefficient (Wildman–Crippen LogP) is 5.35. The van der Waals surface area contributed by atoms with E-state index in [0.717, 1.165) is 28.3 Å². The van der Waals surface area contributed by atoms with Gasteiger partial charge in [0.2, 0.25) is 11.8 Å². The maximum absolute atomic E-state index is 12.5. The van der Waals surface area contributed by atoms with Gasteiger partial charge in [0.05, 0.1) is 6.61 Å². The first-order valence-corrected chi connectivity index (χ1v) is 10.4. The summed E-state index contributed by atoms with van der Waals surface area (Å²) in [6.07, 6.45) is 2.51. The van der Waals surface area contributed by atoms with Crippen molar-refractivity contribution in [2.75, 3.05) is 6.61 Å². The van der Waals surface area contributed by atoms with Gasteiger partial charge in [-0.1, -0.05) is 29.8 Å². The number of halogens is 1. The third-order valence-corrected chi connectivity index (χ3v) is 5.40. The van der Waals surface area contributed by atoms with Crippen LogP contribution in [-0.4, -0.2) is 17.5 Å². The molecule has 2 aromatic carbocycles. The Balaban J connectivity index is 1.31. The third kappa shape index (κ3) is 4.92. The molecule has 1 amide bonds. The molecule has 5 nitrogen and oxygen atoms in total. The maximum atomic E-state index is 12.5. The highest BCUT2D eigenvalue weighted by molar-refractivity contribution is 6.31. The Kier molecular flexibility index (Phi) is 6.19. The molecular formula is C24H23ClN2O3. The zero-order valence-electron chi connectivity index (χ0n) is 16.7. The third-order valence-electron chi connectivity index (χ3n) is 5.06. The Hall–Kier alpha value is -3.05. The number of hydrogen-bond acceptors (Lipinski definition) is 4. The minimum atomic E-state index is -0.0219. The van der Waals surface area contributed by atoms with Gasteiger partial charge in [0.25, 0.3) is 0 Å². The molecule has 1 aromatic heterocycles. The first-order valence-electron chi connectivity index (χ1n) is 10.0. The minimum Gasteiger partial charge on any atom is -0.494 e. The van der Waals surface area contributed by atoms with Crippen LogP contribution in [0.4, 0.5) is 0 Å². The van der Waals surface area contributed by atoms with Crippen LogP contribution < -0.4 is 14.8 Å². The molecule has 154 valence electrons. The van der Waals surface area contributed by atoms with Gasteiger partial charge in [0.1, 0.15) is 11.5 Å². The molecule has 0 saturated heterocycles. The van der Waals surface area contributed by atoms with E-state index in [9.17, 15) is 4.79 Å². The first kappa shape index (κ1) is 20.2. The molecule has 30 heavy (non-hydrogen) atoms. The highest BCUT2D eigenvalue weighted by atomic mass is 35.5. The first-order chi connectivity index (χ1) is 14.6. The van der Waals surface area contributed by atoms with Gasteiger partial charge in [0.15, 0.2) is 0 Å². The van der Waals surface area contributed by atoms with Crippen molar-refractivity contribution in [1.82, 2.24) is 10.3 Å². The number of carbonyl (C=O) groups is 1. The molecule has 2 atom stereocenters. The number of pyridine rings is 1. The summed E-state index contributed by atoms with van der Waals surface area (Å²) >= 11 is 6.25. The molecule has 4 rings (SSSR count). The molecule has 1 N–H and O–H groups in total. The van der Waals surface area contributed by atoms with Crippen molar-refractivity contribution in [2.45, 2.75) is 25.8 Å². The van der Waals surface area contributed by atoms with Crippen LogP contribution >= 0.6 is 11.6 Å². The number of rotatable bonds is 8. The van der Waals surface area contributed by atoms with Crippen LogP contribution in [0.3, 0.4) is 0 Å². The van der Waals surface area contributed by atoms with E-state index in [1.54, 1.807) is 6.20 Å². The summed E-state index contributed by atoms with van der Waals surface area (Å²) < 4.78 is 11.2. The van der Waals surface area contributed by atoms with Gasteiger partial charge >= 0.3 is 0 Å². The lowest BCUT2D eigenvalue weighted by molar-refractivity contribution is -0.122. The second-order valence-electron chi connectivity index (χ2n) is 7.20. The van der Waals surface area contributed by atoms with Gasteiger partial charge in [0, 0.05) is 29.7 Å². The average molecular weight is 423 g/mol. The molecule has 0 spiro atoms. The fraction of sp³-hybridized carbons (Fsp3) is 0.250. The number of hydrogen-bond donors (Lipinski definition) is 1. The normalized spacial score (nSPS) is 17.3. The standard InChI is InChI=1S/C24H23ClN2O3/c1-2-29-17-7-9-18(10-8-17)30-23-13-16(11-12-26-23)15-27-24(28)21-14-20(21)19-5-3-4-6-22(19)25/h3-13,20-21H,2,14-15H2,1H3,(H,27,28). The zero-order valence-corrected chi connectivity index (χ0v) is 17.4. The molecule has 1 heterocycles. The Morgan fingerprint density at radius 2 is 1.90 bits per heavy atom. The smallest absolute Gasteiger partial charge is 0.224 e. The van der Waals surface area contributed by atoms with E-state index in [1.807, 2.05) is 67.6 Å². The van der Waals surface area contributed by atoms with Crippen LogP contribution in [0.1, 0.15) is 30.4 Å². The Morgan fingerprint density at radius 1 is 1.13 bits per heavy atom. The summed E-state index contributed by atoms with van der Waals surface area (Å²) in [5.74, 6) is 2.18. The van der Waals surface area contributed by atoms with Crippen molar-refractivity contribution in [1.29, 1.82) is 0 Å². The highest BCUT2D eigenvalue weighted by Gasteiger charge is 2.44. The maximum Gasteiger partial charge on any atom is 0.224 e. The lowest BCUT2D eigenvalue weighted by Crippen LogP contribution is -2.24. The molecule has 2 unspecified atom stereocenters. The molecule has 0 aliphatic heterocycles. The molecule has 1 aliphatic rings. The second-order valence-corrected chi connectivity index (χ2v) is 7.60. The van der Waals surface area contributed by atoms with E-state index >= 15 is 0 Å². The number of nitrogens with one attached hydrogen (secondary N) is 1. The number of ether oxygens (including phenoxy) is 2. The lowest BCUT2D eigenvalue weighted by Gasteiger charge is -2.09. The van der Waals surface area contributed by atoms with E-state index in [1.165, 1.54) is 0 Å². The Morgan fingerprint density at radius 3 is 2.67 bits per heavy atom. The number of carbonyl (C=O) groups excluding carboxylic acids is 1. The van der Waals surface area contributed by atoms with E-state index in [2.05, 4.69) is 10.3 Å². The molecule has 1 saturated carbocycles. The van der Waals surface area contributed by atoms with Crippen molar-refractivity contribution in [3.63, 3.8) is 0 Å². The van der Waals surface area contributed by atoms with Gasteiger partial charge in [-0.05, 0) is 66.8 Å². The van der Waals surface area contributed by atoms with Crippen LogP contribution in [0.2, 0.25) is 5.02 Å². The topological polar surface area (TPSA) is 60.5 Å². The van der Waals surface area contributed by atoms with Crippen molar-refractivity contribution in [3.8, 4) is 17.4 Å². The quantitative estimate of drug-likeness (QED) is 0.531. The molecule has 6 heteroatoms. The van der Waals surface area contributed by atoms with Gasteiger partial charge in [-0.25, -0.2) is 4.98 Å². The van der Waals surface area contributed by atoms with E-state index in [-0.39, 0.29) is 17.7 Å². The second kappa shape index (κ2) is 9.18. The molecule has 0 radical (unpaired) electrons. The molecule has 1 fully saturated rings. The van der Waals surface area contributed by atoms with Crippen molar-refractivity contribution >= 4 is 17.5 Å². The van der Waals surface area contributed by atoms with Crippen molar-refractivity contribution in [2.24, 2.45) is 5.92 Å². The average Bonchev–Trinajstić information content (AvgIpc) is 3.55. The van der Waals surface area contributed by atoms with Gasteiger partial charge in [-0.15, -0.1) is 0 Å². The number of amides is 1. The number of nitrogens with zero attached hydrogens (tertiary/aromatic N) is 1. The van der Waals surface area contributed by atoms with E-state index in [0.29, 0.717) is 24.8 Å². The molecule has 3 aromatic rings. The molecular weight excluding hydrogens is 400 g/mol. The van der Waals surface area contributed by atoms with Gasteiger partial charge in [-0.2, -0.15) is 0 Å². The Labute approximate surface area is 181 Å². The summed E-state index contributed by atoms with van der Waals surface area (Å²) in [5, 5.41) is 3.74. The van der Waals surface area contributed by atoms with Crippen LogP contribution in [0.15, 0.2) is 66.9 Å². The van der Waals surface area contributed by atoms with Crippen LogP contribution in [0, 0.1) is 5.92 Å². The van der Waals surface area contributed by atoms with Crippen molar-refractivity contribution in [3.05, 3.63) is 83.0 Å². The summed E-state index contributed by atoms with van der Waals surface area (Å²) in [6.45, 7) is 2.99. The molecule has 0 bridgehead atoms. The van der Waals surface area contributed by atoms with E-state index < -0.39 is 0 Å². The van der Waals surface area contributed by atoms with Crippen LogP contribution in [-0.2, 0) is 11.3 Å². The summed E-state index contributed by atoms with van der Waals surface area (Å²) in [4.78, 5) is 16.8. The fourth-order valence-corrected chi connectivity index (χ4v) is 3.71. The lowest BCUT2D eigenvalue weighted by atomic mass is 10.1. The van der Waals surface area contributed by atoms with Gasteiger partial charge < -0.3 is 14.8 Å². The Bertz CT molecular complexity index is 1020. The van der Waals surface area contributed by atoms with E-state index in [4.69, 9.17) is 21.1 Å². The summed E-state index contributed by atoms with van der Waals surface area (Å²) in [5.41, 5.74) is 1.98. The summed E-state index contributed by atoms with van der Waals surface area (Å²) in [7, 11) is 0. The SMILES string of the molecule is CCOc1ccc(Oc2cc(CNC(=O)C3CC3c3ccccc3Cl)ccn2)cc1. The zero-order chi connectivity index (χ0) is 20.9. The van der Waals surface area contributed by atoms with Crippen LogP contribution in [0.5, 0.6) is 17.4 Å². The van der Waals surface area contributed by atoms with Crippen LogP contribution in [0.25, 0.3) is 0 Å². The number of benzene rings is 2. The highest BCUT2D eigenvalue weighted by Crippen LogP contribution is 2.49. The van der Waals surface area contributed by atoms with Crippen molar-refractivity contribution < 1.29 is 14.3 Å². The fourth-order valence-electron chi connectivity index (χ4n) is 3.43. The largest absolute Gasteiger partial charge is 0.494 e. The summed E-state index contributed by atoms with van der Waals surface area (Å²) in [6, 6.07) is 18.8. The predicted molar refractivity (Wildman–Crippen MR) is 116 cm³/mol. The monoisotopic (exact) mass is 422 g/mol. The molecule has 1 aliphatic carbocycles. The minimum absolute atomic E-state index is 0.0219. The van der Waals surface area contributed by atoms with Gasteiger partial charge in [-0.3, -0.25) is 4.79 Å². The number of aromatic nitrogens is 1.